The molecule has 0 unspecified atom stereocenters. The number of nitrogens with one attached hydrogen (secondary N) is 2. The molecule has 0 heterocycles. The van der Waals surface area contributed by atoms with Crippen LogP contribution in [-0.2, 0) is 0 Å². The third kappa shape index (κ3) is 4.81. The SMILES string of the molecule is Cc1ccccc1[C@@H](NC(=S)Nc1ccc(C(C)C)cc1)C(C)C. The molecule has 2 aromatic rings. The smallest absolute Gasteiger partial charge is 0.171 e. The minimum absolute atomic E-state index is 0.195. The summed E-state index contributed by atoms with van der Waals surface area (Å²) in [4.78, 5) is 0. The number of rotatable bonds is 5. The van der Waals surface area contributed by atoms with E-state index in [-0.39, 0.29) is 6.04 Å². The maximum absolute atomic E-state index is 5.54. The highest BCUT2D eigenvalue weighted by molar-refractivity contribution is 7.80. The summed E-state index contributed by atoms with van der Waals surface area (Å²) < 4.78 is 0. The van der Waals surface area contributed by atoms with E-state index >= 15 is 0 Å². The van der Waals surface area contributed by atoms with Gasteiger partial charge in [0.1, 0.15) is 0 Å². The van der Waals surface area contributed by atoms with Gasteiger partial charge in [-0.25, -0.2) is 0 Å². The molecule has 2 N–H and O–H groups in total. The zero-order valence-electron chi connectivity index (χ0n) is 15.3. The quantitative estimate of drug-likeness (QED) is 0.672. The maximum Gasteiger partial charge on any atom is 0.171 e. The van der Waals surface area contributed by atoms with Crippen LogP contribution in [0, 0.1) is 12.8 Å². The van der Waals surface area contributed by atoms with Crippen molar-refractivity contribution in [1.29, 1.82) is 0 Å². The van der Waals surface area contributed by atoms with Gasteiger partial charge in [0.05, 0.1) is 6.04 Å². The van der Waals surface area contributed by atoms with Crippen LogP contribution in [0.3, 0.4) is 0 Å². The third-order valence-corrected chi connectivity index (χ3v) is 4.53. The normalized spacial score (nSPS) is 12.3. The van der Waals surface area contributed by atoms with Crippen molar-refractivity contribution in [3.8, 4) is 0 Å². The van der Waals surface area contributed by atoms with Crippen LogP contribution in [0.1, 0.15) is 56.3 Å². The van der Waals surface area contributed by atoms with Crippen LogP contribution >= 0.6 is 12.2 Å². The van der Waals surface area contributed by atoms with Gasteiger partial charge >= 0.3 is 0 Å². The Bertz CT molecular complexity index is 674. The van der Waals surface area contributed by atoms with Gasteiger partial charge in [-0.3, -0.25) is 0 Å². The minimum atomic E-state index is 0.195. The summed E-state index contributed by atoms with van der Waals surface area (Å²) in [5, 5.41) is 7.44. The minimum Gasteiger partial charge on any atom is -0.355 e. The van der Waals surface area contributed by atoms with Crippen molar-refractivity contribution in [2.75, 3.05) is 5.32 Å². The fraction of sp³-hybridized carbons (Fsp3) is 0.381. The molecule has 0 fully saturated rings. The first-order valence-electron chi connectivity index (χ1n) is 8.61. The Kier molecular flexibility index (Phi) is 6.38. The zero-order chi connectivity index (χ0) is 17.7. The van der Waals surface area contributed by atoms with Crippen molar-refractivity contribution in [2.24, 2.45) is 5.92 Å². The van der Waals surface area contributed by atoms with Gasteiger partial charge in [-0.1, -0.05) is 64.1 Å². The maximum atomic E-state index is 5.54. The molecule has 1 atom stereocenters. The lowest BCUT2D eigenvalue weighted by atomic mass is 9.93. The van der Waals surface area contributed by atoms with Gasteiger partial charge in [0.15, 0.2) is 5.11 Å². The molecule has 0 saturated carbocycles. The molecule has 24 heavy (non-hydrogen) atoms. The van der Waals surface area contributed by atoms with Crippen LogP contribution in [0.4, 0.5) is 5.69 Å². The molecule has 0 bridgehead atoms. The Morgan fingerprint density at radius 3 is 2.08 bits per heavy atom. The standard InChI is InChI=1S/C21H28N2S/c1-14(2)17-10-12-18(13-11-17)22-21(24)23-20(15(3)4)19-9-7-6-8-16(19)5/h6-15,20H,1-5H3,(H2,22,23,24)/t20-/m0/s1. The molecule has 0 aromatic heterocycles. The lowest BCUT2D eigenvalue weighted by Crippen LogP contribution is -2.35. The second kappa shape index (κ2) is 8.29. The van der Waals surface area contributed by atoms with E-state index < -0.39 is 0 Å². The van der Waals surface area contributed by atoms with E-state index in [2.05, 4.69) is 93.8 Å². The van der Waals surface area contributed by atoms with Crippen LogP contribution < -0.4 is 10.6 Å². The Balaban J connectivity index is 2.07. The van der Waals surface area contributed by atoms with Crippen LogP contribution in [0.5, 0.6) is 0 Å². The molecule has 0 radical (unpaired) electrons. The Morgan fingerprint density at radius 1 is 0.917 bits per heavy atom. The van der Waals surface area contributed by atoms with Crippen molar-refractivity contribution in [2.45, 2.75) is 46.6 Å². The molecule has 3 heteroatoms. The number of anilines is 1. The summed E-state index contributed by atoms with van der Waals surface area (Å²) in [7, 11) is 0. The van der Waals surface area contributed by atoms with Gasteiger partial charge in [0, 0.05) is 5.69 Å². The predicted molar refractivity (Wildman–Crippen MR) is 109 cm³/mol. The summed E-state index contributed by atoms with van der Waals surface area (Å²) in [5.41, 5.74) is 4.93. The Morgan fingerprint density at radius 2 is 1.54 bits per heavy atom. The summed E-state index contributed by atoms with van der Waals surface area (Å²) >= 11 is 5.54. The van der Waals surface area contributed by atoms with Gasteiger partial charge in [-0.15, -0.1) is 0 Å². The second-order valence-corrected chi connectivity index (χ2v) is 7.36. The topological polar surface area (TPSA) is 24.1 Å². The molecule has 0 spiro atoms. The fourth-order valence-corrected chi connectivity index (χ4v) is 3.04. The molecule has 0 saturated heterocycles. The van der Waals surface area contributed by atoms with Crippen LogP contribution in [-0.4, -0.2) is 5.11 Å². The first-order chi connectivity index (χ1) is 11.4. The van der Waals surface area contributed by atoms with E-state index in [0.29, 0.717) is 16.9 Å². The predicted octanol–water partition coefficient (Wildman–Crippen LogP) is 5.80. The first kappa shape index (κ1) is 18.5. The molecule has 128 valence electrons. The lowest BCUT2D eigenvalue weighted by Gasteiger charge is -2.26. The number of hydrogen-bond donors (Lipinski definition) is 2. The number of aryl methyl sites for hydroxylation is 1. The van der Waals surface area contributed by atoms with E-state index in [4.69, 9.17) is 12.2 Å². The molecule has 2 aromatic carbocycles. The van der Waals surface area contributed by atoms with Crippen LogP contribution in [0.2, 0.25) is 0 Å². The van der Waals surface area contributed by atoms with E-state index in [9.17, 15) is 0 Å². The molecule has 0 amide bonds. The molecule has 2 rings (SSSR count). The van der Waals surface area contributed by atoms with E-state index in [1.54, 1.807) is 0 Å². The zero-order valence-corrected chi connectivity index (χ0v) is 16.1. The summed E-state index contributed by atoms with van der Waals surface area (Å²) in [6.45, 7) is 11.0. The van der Waals surface area contributed by atoms with Crippen LogP contribution in [0.15, 0.2) is 48.5 Å². The largest absolute Gasteiger partial charge is 0.355 e. The van der Waals surface area contributed by atoms with E-state index in [1.807, 2.05) is 0 Å². The highest BCUT2D eigenvalue weighted by Gasteiger charge is 2.18. The molecule has 2 nitrogen and oxygen atoms in total. The Hall–Kier alpha value is -1.87. The molecular weight excluding hydrogens is 312 g/mol. The van der Waals surface area contributed by atoms with E-state index in [1.165, 1.54) is 16.7 Å². The summed E-state index contributed by atoms with van der Waals surface area (Å²) in [6, 6.07) is 17.1. The number of benzene rings is 2. The second-order valence-electron chi connectivity index (χ2n) is 6.95. The van der Waals surface area contributed by atoms with Gasteiger partial charge in [-0.05, 0) is 59.8 Å². The fourth-order valence-electron chi connectivity index (χ4n) is 2.80. The first-order valence-corrected chi connectivity index (χ1v) is 9.02. The van der Waals surface area contributed by atoms with E-state index in [0.717, 1.165) is 5.69 Å². The van der Waals surface area contributed by atoms with Gasteiger partial charge < -0.3 is 10.6 Å². The van der Waals surface area contributed by atoms with Gasteiger partial charge in [0.2, 0.25) is 0 Å². The average Bonchev–Trinajstić information content (AvgIpc) is 2.53. The van der Waals surface area contributed by atoms with Crippen molar-refractivity contribution in [3.63, 3.8) is 0 Å². The summed E-state index contributed by atoms with van der Waals surface area (Å²) in [6.07, 6.45) is 0. The van der Waals surface area contributed by atoms with Crippen molar-refractivity contribution in [1.82, 2.24) is 5.32 Å². The van der Waals surface area contributed by atoms with Gasteiger partial charge in [0.25, 0.3) is 0 Å². The molecule has 0 aliphatic rings. The van der Waals surface area contributed by atoms with Crippen LogP contribution in [0.25, 0.3) is 0 Å². The number of thiocarbonyl (C=S) groups is 1. The van der Waals surface area contributed by atoms with Gasteiger partial charge in [-0.2, -0.15) is 0 Å². The average molecular weight is 341 g/mol. The Labute approximate surface area is 151 Å². The lowest BCUT2D eigenvalue weighted by molar-refractivity contribution is 0.471. The molecule has 0 aliphatic carbocycles. The molecule has 0 aliphatic heterocycles. The van der Waals surface area contributed by atoms with Crippen molar-refractivity contribution < 1.29 is 0 Å². The van der Waals surface area contributed by atoms with Crippen molar-refractivity contribution >= 4 is 23.0 Å². The van der Waals surface area contributed by atoms with Crippen molar-refractivity contribution in [3.05, 3.63) is 65.2 Å². The monoisotopic (exact) mass is 340 g/mol. The summed E-state index contributed by atoms with van der Waals surface area (Å²) in [5.74, 6) is 0.977. The third-order valence-electron chi connectivity index (χ3n) is 4.31. The highest BCUT2D eigenvalue weighted by atomic mass is 32.1. The molecular formula is C21H28N2S. The number of hydrogen-bond acceptors (Lipinski definition) is 1. The highest BCUT2D eigenvalue weighted by Crippen LogP contribution is 2.25.